The fourth-order valence-corrected chi connectivity index (χ4v) is 4.63. The maximum atomic E-state index is 12.8. The molecule has 0 spiro atoms. The highest BCUT2D eigenvalue weighted by Gasteiger charge is 2.28. The molecule has 29 heavy (non-hydrogen) atoms. The number of amides is 1. The molecule has 0 unspecified atom stereocenters. The first-order valence-corrected chi connectivity index (χ1v) is 10.6. The van der Waals surface area contributed by atoms with Gasteiger partial charge in [-0.2, -0.15) is 5.10 Å². The van der Waals surface area contributed by atoms with E-state index in [9.17, 15) is 9.00 Å². The van der Waals surface area contributed by atoms with Gasteiger partial charge >= 0.3 is 0 Å². The van der Waals surface area contributed by atoms with Crippen molar-refractivity contribution >= 4 is 22.5 Å². The summed E-state index contributed by atoms with van der Waals surface area (Å²) >= 11 is 0. The van der Waals surface area contributed by atoms with E-state index < -0.39 is 10.8 Å². The van der Waals surface area contributed by atoms with Crippen molar-refractivity contribution in [2.45, 2.75) is 17.9 Å². The van der Waals surface area contributed by atoms with Crippen LogP contribution in [0, 0.1) is 0 Å². The Kier molecular flexibility index (Phi) is 5.35. The summed E-state index contributed by atoms with van der Waals surface area (Å²) in [4.78, 5) is 12.8. The fourth-order valence-electron chi connectivity index (χ4n) is 3.36. The lowest BCUT2D eigenvalue weighted by Crippen LogP contribution is -2.18. The highest BCUT2D eigenvalue weighted by atomic mass is 32.2. The summed E-state index contributed by atoms with van der Waals surface area (Å²) in [5.41, 5.74) is 3.25. The van der Waals surface area contributed by atoms with Crippen LogP contribution in [0.1, 0.15) is 16.8 Å². The van der Waals surface area contributed by atoms with Gasteiger partial charge in [0.15, 0.2) is 11.5 Å². The monoisotopic (exact) mass is 411 g/mol. The largest absolute Gasteiger partial charge is 0.493 e. The Hall–Kier alpha value is -3.13. The van der Waals surface area contributed by atoms with Gasteiger partial charge in [0.1, 0.15) is 5.82 Å². The van der Waals surface area contributed by atoms with Gasteiger partial charge in [-0.05, 0) is 29.8 Å². The Morgan fingerprint density at radius 1 is 1.10 bits per heavy atom. The Balaban J connectivity index is 1.61. The second kappa shape index (κ2) is 8.08. The molecule has 1 amide bonds. The van der Waals surface area contributed by atoms with Crippen LogP contribution in [-0.4, -0.2) is 34.1 Å². The van der Waals surface area contributed by atoms with Gasteiger partial charge in [-0.1, -0.05) is 24.3 Å². The Bertz CT molecular complexity index is 1080. The van der Waals surface area contributed by atoms with Crippen molar-refractivity contribution in [3.8, 4) is 17.2 Å². The zero-order valence-corrected chi connectivity index (χ0v) is 17.0. The summed E-state index contributed by atoms with van der Waals surface area (Å²) in [6.07, 6.45) is 0.165. The summed E-state index contributed by atoms with van der Waals surface area (Å²) < 4.78 is 24.3. The highest BCUT2D eigenvalue weighted by Crippen LogP contribution is 2.32. The molecule has 1 aliphatic rings. The number of methoxy groups -OCH3 is 2. The number of aromatic nitrogens is 2. The Labute approximate surface area is 171 Å². The van der Waals surface area contributed by atoms with Crippen LogP contribution < -0.4 is 14.8 Å². The van der Waals surface area contributed by atoms with E-state index in [1.165, 1.54) is 0 Å². The van der Waals surface area contributed by atoms with Crippen molar-refractivity contribution in [1.82, 2.24) is 9.78 Å². The molecule has 1 aromatic heterocycles. The molecule has 8 heteroatoms. The zero-order chi connectivity index (χ0) is 20.4. The number of carbonyl (C=O) groups is 1. The first kappa shape index (κ1) is 19.2. The molecule has 2 aromatic carbocycles. The van der Waals surface area contributed by atoms with Gasteiger partial charge < -0.3 is 14.8 Å². The summed E-state index contributed by atoms with van der Waals surface area (Å²) in [5.74, 6) is 2.39. The van der Waals surface area contributed by atoms with Gasteiger partial charge in [-0.15, -0.1) is 0 Å². The molecule has 0 bridgehead atoms. The van der Waals surface area contributed by atoms with Crippen molar-refractivity contribution in [2.24, 2.45) is 0 Å². The number of carbonyl (C=O) groups excluding carboxylic acids is 1. The van der Waals surface area contributed by atoms with Crippen molar-refractivity contribution in [3.05, 3.63) is 65.4 Å². The standard InChI is InChI=1S/C21H21N3O4S/c1-27-18-9-8-14(10-19(18)28-2)11-20(25)22-21-16-12-29(26)13-17(16)23-24(21)15-6-4-3-5-7-15/h3-10H,11-13H2,1-2H3,(H,22,25)/t29-/m1/s1. The third kappa shape index (κ3) is 3.88. The van der Waals surface area contributed by atoms with Gasteiger partial charge in [0, 0.05) is 16.4 Å². The minimum absolute atomic E-state index is 0.165. The SMILES string of the molecule is COc1ccc(CC(=O)Nc2c3c(nn2-c2ccccc2)C[S@](=O)C3)cc1OC. The van der Waals surface area contributed by atoms with Crippen LogP contribution in [0.5, 0.6) is 11.5 Å². The van der Waals surface area contributed by atoms with E-state index in [1.807, 2.05) is 36.4 Å². The number of ether oxygens (including phenoxy) is 2. The van der Waals surface area contributed by atoms with Crippen molar-refractivity contribution in [2.75, 3.05) is 19.5 Å². The summed E-state index contributed by atoms with van der Waals surface area (Å²) in [6.45, 7) is 0. The second-order valence-electron chi connectivity index (χ2n) is 6.66. The number of nitrogens with zero attached hydrogens (tertiary/aromatic N) is 2. The average Bonchev–Trinajstić information content (AvgIpc) is 3.25. The number of hydrogen-bond acceptors (Lipinski definition) is 5. The Morgan fingerprint density at radius 2 is 1.86 bits per heavy atom. The van der Waals surface area contributed by atoms with Gasteiger partial charge in [0.25, 0.3) is 0 Å². The van der Waals surface area contributed by atoms with E-state index in [-0.39, 0.29) is 12.3 Å². The van der Waals surface area contributed by atoms with Gasteiger partial charge in [0.05, 0.1) is 43.5 Å². The van der Waals surface area contributed by atoms with Crippen LogP contribution in [0.15, 0.2) is 48.5 Å². The predicted octanol–water partition coefficient (Wildman–Crippen LogP) is 2.83. The van der Waals surface area contributed by atoms with E-state index >= 15 is 0 Å². The molecule has 0 fully saturated rings. The maximum Gasteiger partial charge on any atom is 0.229 e. The zero-order valence-electron chi connectivity index (χ0n) is 16.2. The molecule has 1 atom stereocenters. The molecule has 2 heterocycles. The molecular weight excluding hydrogens is 390 g/mol. The molecule has 4 rings (SSSR count). The van der Waals surface area contributed by atoms with Crippen LogP contribution >= 0.6 is 0 Å². The van der Waals surface area contributed by atoms with Gasteiger partial charge in [0.2, 0.25) is 5.91 Å². The number of nitrogens with one attached hydrogen (secondary N) is 1. The highest BCUT2D eigenvalue weighted by molar-refractivity contribution is 7.83. The lowest BCUT2D eigenvalue weighted by atomic mass is 10.1. The minimum Gasteiger partial charge on any atom is -0.493 e. The lowest BCUT2D eigenvalue weighted by Gasteiger charge is -2.12. The number of benzene rings is 2. The smallest absolute Gasteiger partial charge is 0.229 e. The van der Waals surface area contributed by atoms with Crippen LogP contribution in [0.4, 0.5) is 5.82 Å². The van der Waals surface area contributed by atoms with E-state index in [1.54, 1.807) is 31.0 Å². The summed E-state index contributed by atoms with van der Waals surface area (Å²) in [7, 11) is 2.15. The first-order chi connectivity index (χ1) is 14.1. The summed E-state index contributed by atoms with van der Waals surface area (Å²) in [5, 5.41) is 7.57. The topological polar surface area (TPSA) is 82.5 Å². The van der Waals surface area contributed by atoms with Crippen LogP contribution in [-0.2, 0) is 33.5 Å². The van der Waals surface area contributed by atoms with E-state index in [0.717, 1.165) is 22.5 Å². The summed E-state index contributed by atoms with van der Waals surface area (Å²) in [6, 6.07) is 15.0. The molecule has 0 saturated heterocycles. The molecule has 1 aliphatic heterocycles. The van der Waals surface area contributed by atoms with E-state index in [4.69, 9.17) is 9.47 Å². The first-order valence-electron chi connectivity index (χ1n) is 9.11. The predicted molar refractivity (Wildman–Crippen MR) is 111 cm³/mol. The number of hydrogen-bond donors (Lipinski definition) is 1. The molecule has 0 aliphatic carbocycles. The van der Waals surface area contributed by atoms with Crippen LogP contribution in [0.3, 0.4) is 0 Å². The number of para-hydroxylation sites is 1. The molecular formula is C21H21N3O4S. The molecule has 1 N–H and O–H groups in total. The lowest BCUT2D eigenvalue weighted by molar-refractivity contribution is -0.115. The van der Waals surface area contributed by atoms with E-state index in [2.05, 4.69) is 10.4 Å². The average molecular weight is 411 g/mol. The molecule has 150 valence electrons. The van der Waals surface area contributed by atoms with Gasteiger partial charge in [-0.3, -0.25) is 9.00 Å². The van der Waals surface area contributed by atoms with Gasteiger partial charge in [-0.25, -0.2) is 4.68 Å². The quantitative estimate of drug-likeness (QED) is 0.675. The van der Waals surface area contributed by atoms with E-state index in [0.29, 0.717) is 28.8 Å². The van der Waals surface area contributed by atoms with Crippen LogP contribution in [0.2, 0.25) is 0 Å². The molecule has 3 aromatic rings. The van der Waals surface area contributed by atoms with Crippen LogP contribution in [0.25, 0.3) is 5.69 Å². The maximum absolute atomic E-state index is 12.8. The normalized spacial score (nSPS) is 15.0. The Morgan fingerprint density at radius 3 is 2.59 bits per heavy atom. The third-order valence-electron chi connectivity index (χ3n) is 4.74. The van der Waals surface area contributed by atoms with Crippen molar-refractivity contribution < 1.29 is 18.5 Å². The van der Waals surface area contributed by atoms with Crippen molar-refractivity contribution in [1.29, 1.82) is 0 Å². The number of anilines is 1. The molecule has 0 radical (unpaired) electrons. The van der Waals surface area contributed by atoms with Crippen molar-refractivity contribution in [3.63, 3.8) is 0 Å². The fraction of sp³-hybridized carbons (Fsp3) is 0.238. The molecule has 0 saturated carbocycles. The number of fused-ring (bicyclic) bond motifs is 1. The second-order valence-corrected chi connectivity index (χ2v) is 8.12. The number of rotatable bonds is 6. The third-order valence-corrected chi connectivity index (χ3v) is 5.95. The molecule has 7 nitrogen and oxygen atoms in total. The minimum atomic E-state index is -0.982.